The summed E-state index contributed by atoms with van der Waals surface area (Å²) in [7, 11) is 0. The maximum Gasteiger partial charge on any atom is 0.238 e. The molecule has 3 aromatic rings. The van der Waals surface area contributed by atoms with Crippen LogP contribution in [-0.2, 0) is 16.0 Å². The third-order valence-corrected chi connectivity index (χ3v) is 6.81. The fraction of sp³-hybridized carbons (Fsp3) is 0.346. The third-order valence-electron chi connectivity index (χ3n) is 6.04. The standard InChI is InChI=1S/C26H29FN4O2S/c1-18-29-24(17-34-18)21-6-4-7-22(15-21)30-25(32)16-31-13-10-20(11-14-31)26(33)28-12-9-19-5-2-3-8-23(19)27/h2-8,15,17,20H,9-14,16H2,1H3,(H,28,33)(H,30,32). The Morgan fingerprint density at radius 3 is 2.68 bits per heavy atom. The predicted octanol–water partition coefficient (Wildman–Crippen LogP) is 4.27. The van der Waals surface area contributed by atoms with Crippen LogP contribution in [0.4, 0.5) is 10.1 Å². The van der Waals surface area contributed by atoms with Gasteiger partial charge in [-0.05, 0) is 63.0 Å². The van der Waals surface area contributed by atoms with Crippen LogP contribution in [0.25, 0.3) is 11.3 Å². The maximum atomic E-state index is 13.7. The number of aryl methyl sites for hydroxylation is 1. The van der Waals surface area contributed by atoms with Crippen LogP contribution >= 0.6 is 11.3 Å². The van der Waals surface area contributed by atoms with E-state index in [1.807, 2.05) is 36.6 Å². The highest BCUT2D eigenvalue weighted by atomic mass is 32.1. The Kier molecular flexibility index (Phi) is 8.03. The number of rotatable bonds is 8. The van der Waals surface area contributed by atoms with Crippen molar-refractivity contribution in [2.45, 2.75) is 26.2 Å². The quantitative estimate of drug-likeness (QED) is 0.505. The van der Waals surface area contributed by atoms with Crippen LogP contribution in [0.5, 0.6) is 0 Å². The molecule has 1 aliphatic rings. The molecule has 8 heteroatoms. The summed E-state index contributed by atoms with van der Waals surface area (Å²) in [6.07, 6.45) is 1.88. The van der Waals surface area contributed by atoms with E-state index in [1.165, 1.54) is 6.07 Å². The molecule has 1 fully saturated rings. The molecular weight excluding hydrogens is 451 g/mol. The molecule has 0 spiro atoms. The van der Waals surface area contributed by atoms with E-state index in [0.717, 1.165) is 22.0 Å². The zero-order chi connectivity index (χ0) is 23.9. The Balaban J connectivity index is 1.19. The molecule has 2 amide bonds. The van der Waals surface area contributed by atoms with Gasteiger partial charge in [-0.15, -0.1) is 11.3 Å². The van der Waals surface area contributed by atoms with Crippen LogP contribution in [0.15, 0.2) is 53.9 Å². The van der Waals surface area contributed by atoms with E-state index in [9.17, 15) is 14.0 Å². The highest BCUT2D eigenvalue weighted by Crippen LogP contribution is 2.24. The van der Waals surface area contributed by atoms with Crippen LogP contribution in [0, 0.1) is 18.7 Å². The number of thiazole rings is 1. The number of aromatic nitrogens is 1. The molecule has 0 radical (unpaired) electrons. The highest BCUT2D eigenvalue weighted by Gasteiger charge is 2.25. The van der Waals surface area contributed by atoms with Crippen LogP contribution in [-0.4, -0.2) is 47.9 Å². The monoisotopic (exact) mass is 480 g/mol. The zero-order valence-electron chi connectivity index (χ0n) is 19.2. The molecule has 178 valence electrons. The second kappa shape index (κ2) is 11.4. The van der Waals surface area contributed by atoms with Crippen LogP contribution in [0.1, 0.15) is 23.4 Å². The molecule has 4 rings (SSSR count). The molecule has 34 heavy (non-hydrogen) atoms. The Morgan fingerprint density at radius 1 is 1.15 bits per heavy atom. The number of nitrogens with one attached hydrogen (secondary N) is 2. The number of anilines is 1. The minimum absolute atomic E-state index is 0.00883. The average molecular weight is 481 g/mol. The van der Waals surface area contributed by atoms with Gasteiger partial charge in [-0.2, -0.15) is 0 Å². The van der Waals surface area contributed by atoms with Gasteiger partial charge >= 0.3 is 0 Å². The van der Waals surface area contributed by atoms with Gasteiger partial charge in [0, 0.05) is 29.1 Å². The summed E-state index contributed by atoms with van der Waals surface area (Å²) >= 11 is 1.60. The number of likely N-dealkylation sites (tertiary alicyclic amines) is 1. The number of halogens is 1. The summed E-state index contributed by atoms with van der Waals surface area (Å²) in [4.78, 5) is 31.6. The van der Waals surface area contributed by atoms with Crippen molar-refractivity contribution in [3.05, 3.63) is 70.3 Å². The molecule has 6 nitrogen and oxygen atoms in total. The van der Waals surface area contributed by atoms with Crippen LogP contribution in [0.2, 0.25) is 0 Å². The van der Waals surface area contributed by atoms with E-state index in [2.05, 4.69) is 20.5 Å². The smallest absolute Gasteiger partial charge is 0.238 e. The Hall–Kier alpha value is -3.10. The summed E-state index contributed by atoms with van der Waals surface area (Å²) in [5.41, 5.74) is 3.24. The summed E-state index contributed by atoms with van der Waals surface area (Å²) in [6, 6.07) is 14.3. The van der Waals surface area contributed by atoms with Gasteiger partial charge in [0.25, 0.3) is 0 Å². The fourth-order valence-corrected chi connectivity index (χ4v) is 4.80. The van der Waals surface area contributed by atoms with Gasteiger partial charge in [-0.3, -0.25) is 14.5 Å². The second-order valence-corrected chi connectivity index (χ2v) is 9.63. The highest BCUT2D eigenvalue weighted by molar-refractivity contribution is 7.09. The lowest BCUT2D eigenvalue weighted by Crippen LogP contribution is -2.43. The van der Waals surface area contributed by atoms with Crippen LogP contribution in [0.3, 0.4) is 0 Å². The number of nitrogens with zero attached hydrogens (tertiary/aromatic N) is 2. The molecule has 0 atom stereocenters. The number of carbonyl (C=O) groups excluding carboxylic acids is 2. The number of amides is 2. The van der Waals surface area contributed by atoms with Gasteiger partial charge in [-0.25, -0.2) is 9.37 Å². The second-order valence-electron chi connectivity index (χ2n) is 8.56. The summed E-state index contributed by atoms with van der Waals surface area (Å²) in [5, 5.41) is 8.92. The van der Waals surface area contributed by atoms with E-state index >= 15 is 0 Å². The summed E-state index contributed by atoms with van der Waals surface area (Å²) in [6.45, 7) is 4.07. The van der Waals surface area contributed by atoms with E-state index in [0.29, 0.717) is 51.0 Å². The number of carbonyl (C=O) groups is 2. The molecule has 1 saturated heterocycles. The van der Waals surface area contributed by atoms with Crippen molar-refractivity contribution in [2.24, 2.45) is 5.92 Å². The van der Waals surface area contributed by atoms with Gasteiger partial charge < -0.3 is 10.6 Å². The van der Waals surface area contributed by atoms with Crippen molar-refractivity contribution in [2.75, 3.05) is 31.5 Å². The van der Waals surface area contributed by atoms with Gasteiger partial charge in [0.05, 0.1) is 17.2 Å². The average Bonchev–Trinajstić information content (AvgIpc) is 3.27. The van der Waals surface area contributed by atoms with Gasteiger partial charge in [0.1, 0.15) is 5.82 Å². The van der Waals surface area contributed by atoms with Crippen molar-refractivity contribution >= 4 is 28.8 Å². The number of benzene rings is 2. The van der Waals surface area contributed by atoms with E-state index in [1.54, 1.807) is 29.5 Å². The largest absolute Gasteiger partial charge is 0.356 e. The lowest BCUT2D eigenvalue weighted by Gasteiger charge is -2.30. The topological polar surface area (TPSA) is 74.3 Å². The first-order chi connectivity index (χ1) is 16.5. The minimum Gasteiger partial charge on any atom is -0.356 e. The minimum atomic E-state index is -0.242. The SMILES string of the molecule is Cc1nc(-c2cccc(NC(=O)CN3CCC(C(=O)NCCc4ccccc4F)CC3)c2)cs1. The lowest BCUT2D eigenvalue weighted by molar-refractivity contribution is -0.126. The van der Waals surface area contributed by atoms with E-state index in [-0.39, 0.29) is 23.5 Å². The molecular formula is C26H29FN4O2S. The summed E-state index contributed by atoms with van der Waals surface area (Å²) in [5.74, 6) is -0.375. The van der Waals surface area contributed by atoms with Gasteiger partial charge in [-0.1, -0.05) is 30.3 Å². The lowest BCUT2D eigenvalue weighted by atomic mass is 9.96. The van der Waals surface area contributed by atoms with Crippen molar-refractivity contribution in [3.63, 3.8) is 0 Å². The molecule has 2 aromatic carbocycles. The zero-order valence-corrected chi connectivity index (χ0v) is 20.0. The maximum absolute atomic E-state index is 13.7. The van der Waals surface area contributed by atoms with Crippen molar-refractivity contribution in [1.82, 2.24) is 15.2 Å². The van der Waals surface area contributed by atoms with Crippen molar-refractivity contribution in [3.8, 4) is 11.3 Å². The first-order valence-electron chi connectivity index (χ1n) is 11.5. The molecule has 1 aromatic heterocycles. The Morgan fingerprint density at radius 2 is 1.94 bits per heavy atom. The summed E-state index contributed by atoms with van der Waals surface area (Å²) < 4.78 is 13.7. The predicted molar refractivity (Wildman–Crippen MR) is 133 cm³/mol. The third kappa shape index (κ3) is 6.48. The molecule has 0 saturated carbocycles. The number of hydrogen-bond acceptors (Lipinski definition) is 5. The van der Waals surface area contributed by atoms with E-state index < -0.39 is 0 Å². The molecule has 1 aliphatic heterocycles. The van der Waals surface area contributed by atoms with Crippen LogP contribution < -0.4 is 10.6 Å². The van der Waals surface area contributed by atoms with Crippen molar-refractivity contribution < 1.29 is 14.0 Å². The molecule has 0 unspecified atom stereocenters. The first kappa shape index (κ1) is 24.0. The van der Waals surface area contributed by atoms with Gasteiger partial charge in [0.15, 0.2) is 0 Å². The normalized spacial score (nSPS) is 14.6. The Labute approximate surface area is 203 Å². The number of piperidine rings is 1. The molecule has 0 bridgehead atoms. The van der Waals surface area contributed by atoms with E-state index in [4.69, 9.17) is 0 Å². The first-order valence-corrected chi connectivity index (χ1v) is 12.4. The molecule has 2 heterocycles. The fourth-order valence-electron chi connectivity index (χ4n) is 4.18. The van der Waals surface area contributed by atoms with Crippen molar-refractivity contribution in [1.29, 1.82) is 0 Å². The van der Waals surface area contributed by atoms with Gasteiger partial charge in [0.2, 0.25) is 11.8 Å². The molecule has 0 aliphatic carbocycles. The number of hydrogen-bond donors (Lipinski definition) is 2. The Bertz CT molecular complexity index is 1140. The molecule has 2 N–H and O–H groups in total.